The van der Waals surface area contributed by atoms with Crippen molar-refractivity contribution in [2.75, 3.05) is 39.6 Å². The molecule has 5 atom stereocenters. The number of rotatable bonds is 18. The molecule has 3 amide bonds. The Kier molecular flexibility index (Phi) is 23.3. The van der Waals surface area contributed by atoms with E-state index in [0.717, 1.165) is 92.1 Å². The van der Waals surface area contributed by atoms with E-state index in [1.54, 1.807) is 0 Å². The molecule has 2 aliphatic heterocycles. The maximum atomic E-state index is 13.0. The standard InChI is InChI=1S/2C26H23NO6S.C26H25NO5/c2*28-25(31-16-18-8-2-1-3-9-18)24-14-15-33-34(30)27(24)26(29)32-17-23-21-12-6-4-10-19(21)20-11-5-7-13-22(20)23;28-15-14-24(25(29)31-16-18-8-2-1-3-9-18)27-26(30)32-17-23-21-12-6-4-10-19(21)20-11-5-7-13-22(20)23/h2*1-13,23-24H,14-17H2;1-13,23-24,28H,14-17H2,(H,27,30)/t2*24-,34?;24-/m111/s1. The molecule has 3 aliphatic carbocycles. The van der Waals surface area contributed by atoms with E-state index in [2.05, 4.69) is 17.4 Å². The molecule has 512 valence electrons. The summed E-state index contributed by atoms with van der Waals surface area (Å²) < 4.78 is 69.7. The Hall–Kier alpha value is -10.3. The highest BCUT2D eigenvalue weighted by molar-refractivity contribution is 7.85. The van der Waals surface area contributed by atoms with Gasteiger partial charge in [-0.15, -0.1) is 8.37 Å². The molecule has 20 nitrogen and oxygen atoms in total. The van der Waals surface area contributed by atoms with Gasteiger partial charge in [-0.05, 0) is 83.5 Å². The maximum Gasteiger partial charge on any atom is 0.455 e. The molecule has 22 heteroatoms. The fourth-order valence-corrected chi connectivity index (χ4v) is 14.6. The fourth-order valence-electron chi connectivity index (χ4n) is 12.8. The van der Waals surface area contributed by atoms with Gasteiger partial charge < -0.3 is 47.9 Å². The van der Waals surface area contributed by atoms with E-state index in [1.165, 1.54) is 0 Å². The molecule has 0 spiro atoms. The molecule has 5 aliphatic rings. The normalized spacial score (nSPS) is 17.3. The third-order valence-corrected chi connectivity index (χ3v) is 19.8. The van der Waals surface area contributed by atoms with E-state index in [1.807, 2.05) is 224 Å². The summed E-state index contributed by atoms with van der Waals surface area (Å²) in [6.45, 7) is 0.326. The number of alkyl carbamates (subject to hydrolysis) is 1. The molecule has 0 bridgehead atoms. The number of esters is 3. The lowest BCUT2D eigenvalue weighted by Gasteiger charge is -2.31. The van der Waals surface area contributed by atoms with Gasteiger partial charge in [-0.2, -0.15) is 0 Å². The number of nitrogens with zero attached hydrogens (tertiary/aromatic N) is 2. The van der Waals surface area contributed by atoms with Gasteiger partial charge in [0, 0.05) is 43.6 Å². The van der Waals surface area contributed by atoms with E-state index >= 15 is 0 Å². The van der Waals surface area contributed by atoms with Crippen LogP contribution in [0.1, 0.15) is 87.1 Å². The Balaban J connectivity index is 0.000000142. The number of hydrogen-bond donors (Lipinski definition) is 2. The van der Waals surface area contributed by atoms with E-state index in [0.29, 0.717) is 0 Å². The van der Waals surface area contributed by atoms with Gasteiger partial charge in [-0.3, -0.25) is 0 Å². The van der Waals surface area contributed by atoms with Crippen molar-refractivity contribution >= 4 is 59.5 Å². The molecule has 0 radical (unpaired) electrons. The van der Waals surface area contributed by atoms with Crippen LogP contribution in [0.2, 0.25) is 0 Å². The van der Waals surface area contributed by atoms with E-state index in [-0.39, 0.29) is 96.5 Å². The van der Waals surface area contributed by atoms with E-state index < -0.39 is 77.6 Å². The highest BCUT2D eigenvalue weighted by atomic mass is 32.2. The number of amides is 3. The number of benzene rings is 9. The number of carbonyl (C=O) groups is 6. The molecule has 100 heavy (non-hydrogen) atoms. The highest BCUT2D eigenvalue weighted by Crippen LogP contribution is 2.47. The van der Waals surface area contributed by atoms with Crippen LogP contribution in [0.5, 0.6) is 0 Å². The number of aliphatic hydroxyl groups excluding tert-OH is 1. The van der Waals surface area contributed by atoms with E-state index in [9.17, 15) is 43.0 Å². The zero-order valence-electron chi connectivity index (χ0n) is 54.2. The lowest BCUT2D eigenvalue weighted by Crippen LogP contribution is -2.53. The summed E-state index contributed by atoms with van der Waals surface area (Å²) in [6.07, 6.45) is -2.09. The Morgan fingerprint density at radius 2 is 0.700 bits per heavy atom. The lowest BCUT2D eigenvalue weighted by atomic mass is 9.98. The number of hydrogen-bond acceptors (Lipinski definition) is 17. The van der Waals surface area contributed by atoms with Crippen LogP contribution < -0.4 is 5.32 Å². The van der Waals surface area contributed by atoms with Gasteiger partial charge in [0.1, 0.15) is 58.9 Å². The van der Waals surface area contributed by atoms with Gasteiger partial charge >= 0.3 is 36.2 Å². The van der Waals surface area contributed by atoms with Gasteiger partial charge in [0.25, 0.3) is 23.3 Å². The van der Waals surface area contributed by atoms with Crippen molar-refractivity contribution in [2.24, 2.45) is 0 Å². The molecule has 9 aromatic carbocycles. The third kappa shape index (κ3) is 16.4. The number of nitrogens with one attached hydrogen (secondary N) is 1. The summed E-state index contributed by atoms with van der Waals surface area (Å²) in [5, 5.41) is 11.8. The van der Waals surface area contributed by atoms with Gasteiger partial charge in [-0.1, -0.05) is 245 Å². The molecular weight excluding hydrogens is 1310 g/mol. The average Bonchev–Trinajstić information content (AvgIpc) is 1.63. The minimum Gasteiger partial charge on any atom is -0.560 e. The van der Waals surface area contributed by atoms with Crippen LogP contribution in [0.3, 0.4) is 0 Å². The van der Waals surface area contributed by atoms with Crippen LogP contribution in [0.15, 0.2) is 237 Å². The Labute approximate surface area is 584 Å². The first-order valence-corrected chi connectivity index (χ1v) is 34.7. The lowest BCUT2D eigenvalue weighted by molar-refractivity contribution is -0.151. The Bertz CT molecular complexity index is 4000. The molecular formula is C78H71N3O17S2. The average molecular weight is 1390 g/mol. The largest absolute Gasteiger partial charge is 0.560 e. The monoisotopic (exact) mass is 1390 g/mol. The fraction of sp³-hybridized carbons (Fsp3) is 0.231. The molecule has 0 aromatic heterocycles. The second kappa shape index (κ2) is 33.5. The quantitative estimate of drug-likeness (QED) is 0.0459. The van der Waals surface area contributed by atoms with Gasteiger partial charge in [0.15, 0.2) is 12.1 Å². The van der Waals surface area contributed by atoms with Crippen molar-refractivity contribution < 1.29 is 79.8 Å². The molecule has 14 rings (SSSR count). The number of ether oxygens (including phenoxy) is 6. The molecule has 2 heterocycles. The van der Waals surface area contributed by atoms with Gasteiger partial charge in [-0.25, -0.2) is 28.8 Å². The van der Waals surface area contributed by atoms with Gasteiger partial charge in [0.2, 0.25) is 0 Å². The minimum absolute atomic E-state index is 0.0395. The van der Waals surface area contributed by atoms with Crippen molar-refractivity contribution in [1.29, 1.82) is 0 Å². The maximum absolute atomic E-state index is 13.0. The summed E-state index contributed by atoms with van der Waals surface area (Å²) in [5.74, 6) is -2.29. The number of fused-ring (bicyclic) bond motifs is 9. The van der Waals surface area contributed by atoms with Crippen molar-refractivity contribution in [3.8, 4) is 33.4 Å². The van der Waals surface area contributed by atoms with Crippen molar-refractivity contribution in [2.45, 2.75) is 75.0 Å². The van der Waals surface area contributed by atoms with E-state index in [4.69, 9.17) is 36.8 Å². The zero-order valence-corrected chi connectivity index (χ0v) is 55.8. The summed E-state index contributed by atoms with van der Waals surface area (Å²) in [5.41, 5.74) is 15.6. The van der Waals surface area contributed by atoms with Crippen LogP contribution in [-0.4, -0.2) is 117 Å². The highest BCUT2D eigenvalue weighted by Gasteiger charge is 2.48. The molecule has 0 saturated carbocycles. The van der Waals surface area contributed by atoms with Crippen molar-refractivity contribution in [3.05, 3.63) is 287 Å². The predicted octanol–water partition coefficient (Wildman–Crippen LogP) is 12.7. The third-order valence-electron chi connectivity index (χ3n) is 17.6. The van der Waals surface area contributed by atoms with Crippen LogP contribution >= 0.6 is 0 Å². The second-order valence-electron chi connectivity index (χ2n) is 23.8. The molecule has 2 saturated heterocycles. The summed E-state index contributed by atoms with van der Waals surface area (Å²) in [7, 11) is 0. The first kappa shape index (κ1) is 69.6. The van der Waals surface area contributed by atoms with Crippen molar-refractivity contribution in [1.82, 2.24) is 13.9 Å². The zero-order chi connectivity index (χ0) is 69.3. The minimum atomic E-state index is -2.14. The smallest absolute Gasteiger partial charge is 0.455 e. The van der Waals surface area contributed by atoms with Crippen LogP contribution in [0, 0.1) is 0 Å². The van der Waals surface area contributed by atoms with Gasteiger partial charge in [0.05, 0.1) is 0 Å². The summed E-state index contributed by atoms with van der Waals surface area (Å²) in [6, 6.07) is 72.7. The topological polar surface area (TPSA) is 261 Å². The molecule has 2 N–H and O–H groups in total. The summed E-state index contributed by atoms with van der Waals surface area (Å²) >= 11 is -4.28. The first-order chi connectivity index (χ1) is 48.9. The number of aliphatic hydroxyl groups is 1. The molecule has 2 fully saturated rings. The molecule has 2 unspecified atom stereocenters. The Morgan fingerprint density at radius 3 is 1.02 bits per heavy atom. The number of carbonyl (C=O) groups excluding carboxylic acids is 6. The van der Waals surface area contributed by atoms with Crippen LogP contribution in [0.4, 0.5) is 14.4 Å². The Morgan fingerprint density at radius 1 is 0.410 bits per heavy atom. The SMILES string of the molecule is O=C(N[C@H](CCO)C(=O)OCc1ccccc1)OCC1c2ccccc2-c2ccccc21.O=C(OCc1ccccc1)[C@H]1CCO[S+]([O-])N1C(=O)OCC1c2ccccc2-c2ccccc21.O=C(OCc1ccccc1)[C@H]1CCO[S+]([O-])N1C(=O)OCC1c2ccccc2-c2ccccc21. The van der Waals surface area contributed by atoms with Crippen molar-refractivity contribution in [3.63, 3.8) is 0 Å². The predicted molar refractivity (Wildman–Crippen MR) is 371 cm³/mol. The van der Waals surface area contributed by atoms with Crippen LogP contribution in [0.25, 0.3) is 33.4 Å². The molecule has 9 aromatic rings. The first-order valence-electron chi connectivity index (χ1n) is 32.7. The second-order valence-corrected chi connectivity index (χ2v) is 25.9. The summed E-state index contributed by atoms with van der Waals surface area (Å²) in [4.78, 5) is 76.4. The van der Waals surface area contributed by atoms with Crippen LogP contribution in [-0.2, 0) is 94.3 Å².